The zero-order valence-corrected chi connectivity index (χ0v) is 28.9. The third-order valence-corrected chi connectivity index (χ3v) is 11.0. The highest BCUT2D eigenvalue weighted by atomic mass is 15.1. The van der Waals surface area contributed by atoms with Crippen molar-refractivity contribution in [3.8, 4) is 16.8 Å². The van der Waals surface area contributed by atoms with Gasteiger partial charge in [-0.15, -0.1) is 0 Å². The van der Waals surface area contributed by atoms with Crippen LogP contribution in [0.5, 0.6) is 0 Å². The van der Waals surface area contributed by atoms with E-state index in [1.807, 2.05) is 6.08 Å². The fraction of sp³-hybridized carbons (Fsp3) is 0.125. The number of allylic oxidation sites excluding steroid dienone is 2. The van der Waals surface area contributed by atoms with Gasteiger partial charge in [0.15, 0.2) is 0 Å². The molecule has 7 aromatic rings. The maximum atomic E-state index is 4.02. The summed E-state index contributed by atoms with van der Waals surface area (Å²) in [5.41, 5.74) is 15.1. The second-order valence-electron chi connectivity index (χ2n) is 14.1. The van der Waals surface area contributed by atoms with Gasteiger partial charge in [0.2, 0.25) is 0 Å². The third-order valence-electron chi connectivity index (χ3n) is 11.0. The Kier molecular flexibility index (Phi) is 7.03. The minimum absolute atomic E-state index is 0.195. The van der Waals surface area contributed by atoms with Crippen LogP contribution in [0, 0.1) is 0 Å². The first-order chi connectivity index (χ1) is 24.5. The minimum Gasteiger partial charge on any atom is -0.313 e. The van der Waals surface area contributed by atoms with Crippen LogP contribution in [0.15, 0.2) is 146 Å². The first-order valence-corrected chi connectivity index (χ1v) is 17.7. The molecule has 1 aromatic heterocycles. The number of aryl methyl sites for hydroxylation is 1. The van der Waals surface area contributed by atoms with Crippen molar-refractivity contribution in [3.05, 3.63) is 179 Å². The molecule has 0 saturated carbocycles. The van der Waals surface area contributed by atoms with Crippen LogP contribution in [-0.2, 0) is 11.8 Å². The SMILES string of the molecule is C=C/C=c1/cccc/c1=C(/C)N(c1ccc2c(c1)C(C)(C)c1cccc(-n3c4ccccc4c4ccccc43)c1-2)c1cccc2c1C=CCC2. The Labute approximate surface area is 294 Å². The van der Waals surface area contributed by atoms with E-state index in [-0.39, 0.29) is 5.41 Å². The molecule has 0 spiro atoms. The van der Waals surface area contributed by atoms with Gasteiger partial charge in [0.1, 0.15) is 0 Å². The van der Waals surface area contributed by atoms with E-state index >= 15 is 0 Å². The van der Waals surface area contributed by atoms with E-state index in [4.69, 9.17) is 0 Å². The first kappa shape index (κ1) is 30.2. The maximum absolute atomic E-state index is 4.02. The van der Waals surface area contributed by atoms with Crippen LogP contribution in [0.1, 0.15) is 49.4 Å². The molecule has 2 nitrogen and oxygen atoms in total. The molecule has 1 heterocycles. The summed E-state index contributed by atoms with van der Waals surface area (Å²) >= 11 is 0. The third kappa shape index (κ3) is 4.48. The first-order valence-electron chi connectivity index (χ1n) is 17.7. The Morgan fingerprint density at radius 2 is 1.48 bits per heavy atom. The number of benzene rings is 6. The summed E-state index contributed by atoms with van der Waals surface area (Å²) in [5.74, 6) is 0. The van der Waals surface area contributed by atoms with Crippen molar-refractivity contribution in [3.63, 3.8) is 0 Å². The molecular weight excluding hydrogens is 605 g/mol. The van der Waals surface area contributed by atoms with Crippen molar-refractivity contribution in [1.82, 2.24) is 4.57 Å². The number of rotatable bonds is 5. The van der Waals surface area contributed by atoms with Gasteiger partial charge in [-0.2, -0.15) is 0 Å². The van der Waals surface area contributed by atoms with Crippen LogP contribution >= 0.6 is 0 Å². The summed E-state index contributed by atoms with van der Waals surface area (Å²) in [7, 11) is 0. The van der Waals surface area contributed by atoms with Crippen LogP contribution in [0.4, 0.5) is 11.4 Å². The van der Waals surface area contributed by atoms with Crippen molar-refractivity contribution in [1.29, 1.82) is 0 Å². The lowest BCUT2D eigenvalue weighted by Crippen LogP contribution is -2.32. The summed E-state index contributed by atoms with van der Waals surface area (Å²) in [6.45, 7) is 11.1. The number of hydrogen-bond acceptors (Lipinski definition) is 1. The Bertz CT molecular complexity index is 2610. The van der Waals surface area contributed by atoms with Gasteiger partial charge in [0.25, 0.3) is 0 Å². The average molecular weight is 645 g/mol. The number of aromatic nitrogens is 1. The molecule has 0 bridgehead atoms. The monoisotopic (exact) mass is 644 g/mol. The zero-order valence-electron chi connectivity index (χ0n) is 28.9. The van der Waals surface area contributed by atoms with Crippen LogP contribution < -0.4 is 15.3 Å². The lowest BCUT2D eigenvalue weighted by atomic mass is 9.82. The number of hydrogen-bond donors (Lipinski definition) is 0. The van der Waals surface area contributed by atoms with Gasteiger partial charge in [-0.25, -0.2) is 0 Å². The number of anilines is 2. The van der Waals surface area contributed by atoms with Crippen LogP contribution in [-0.4, -0.2) is 4.57 Å². The van der Waals surface area contributed by atoms with Crippen molar-refractivity contribution in [2.45, 2.75) is 39.0 Å². The van der Waals surface area contributed by atoms with E-state index in [1.165, 1.54) is 83.2 Å². The van der Waals surface area contributed by atoms with E-state index in [2.05, 4.69) is 182 Å². The van der Waals surface area contributed by atoms with E-state index in [0.29, 0.717) is 0 Å². The number of fused-ring (bicyclic) bond motifs is 7. The molecule has 0 atom stereocenters. The highest BCUT2D eigenvalue weighted by molar-refractivity contribution is 6.10. The molecule has 2 aliphatic rings. The number of nitrogens with zero attached hydrogens (tertiary/aromatic N) is 2. The second kappa shape index (κ2) is 11.6. The predicted molar refractivity (Wildman–Crippen MR) is 214 cm³/mol. The van der Waals surface area contributed by atoms with Crippen LogP contribution in [0.25, 0.3) is 56.5 Å². The normalized spacial score (nSPS) is 15.1. The molecular formula is C48H40N2. The highest BCUT2D eigenvalue weighted by Crippen LogP contribution is 2.53. The predicted octanol–water partition coefficient (Wildman–Crippen LogP) is 11.0. The van der Waals surface area contributed by atoms with E-state index in [9.17, 15) is 0 Å². The molecule has 0 saturated heterocycles. The molecule has 6 aromatic carbocycles. The molecule has 242 valence electrons. The Morgan fingerprint density at radius 3 is 2.26 bits per heavy atom. The average Bonchev–Trinajstić information content (AvgIpc) is 3.61. The summed E-state index contributed by atoms with van der Waals surface area (Å²) in [5, 5.41) is 4.92. The molecule has 0 aliphatic heterocycles. The highest BCUT2D eigenvalue weighted by Gasteiger charge is 2.38. The minimum atomic E-state index is -0.195. The van der Waals surface area contributed by atoms with E-state index in [0.717, 1.165) is 18.1 Å². The number of para-hydroxylation sites is 2. The molecule has 0 N–H and O–H groups in total. The lowest BCUT2D eigenvalue weighted by Gasteiger charge is -2.31. The van der Waals surface area contributed by atoms with Crippen molar-refractivity contribution in [2.75, 3.05) is 4.90 Å². The van der Waals surface area contributed by atoms with Gasteiger partial charge in [0.05, 0.1) is 22.4 Å². The van der Waals surface area contributed by atoms with Gasteiger partial charge in [0, 0.05) is 43.9 Å². The summed E-state index contributed by atoms with van der Waals surface area (Å²) < 4.78 is 2.47. The molecule has 2 heteroatoms. The molecule has 0 amide bonds. The Hall–Kier alpha value is -5.86. The molecule has 0 unspecified atom stereocenters. The molecule has 50 heavy (non-hydrogen) atoms. The molecule has 9 rings (SSSR count). The van der Waals surface area contributed by atoms with E-state index in [1.54, 1.807) is 0 Å². The molecule has 0 fully saturated rings. The van der Waals surface area contributed by atoms with E-state index < -0.39 is 0 Å². The topological polar surface area (TPSA) is 8.17 Å². The van der Waals surface area contributed by atoms with Crippen molar-refractivity contribution >= 4 is 51.0 Å². The van der Waals surface area contributed by atoms with Crippen LogP contribution in [0.2, 0.25) is 0 Å². The summed E-state index contributed by atoms with van der Waals surface area (Å²) in [6, 6.07) is 47.1. The molecule has 0 radical (unpaired) electrons. The lowest BCUT2D eigenvalue weighted by molar-refractivity contribution is 0.660. The zero-order chi connectivity index (χ0) is 34.0. The van der Waals surface area contributed by atoms with Crippen molar-refractivity contribution in [2.24, 2.45) is 0 Å². The summed E-state index contributed by atoms with van der Waals surface area (Å²) in [4.78, 5) is 2.48. The standard InChI is InChI=1S/C48H40N2/c1-5-16-33-17-6-8-20-36(33)32(2)49(43-27-14-19-34-18-7-9-21-37(34)43)35-29-30-40-42(31-35)48(3,4)41-24-15-28-46(47(40)41)50-44-25-12-10-22-38(44)39-23-11-13-26-45(39)50/h5-6,8-17,19-31H,1,7,18H2,2-4H3/b33-16-,36-32+. The van der Waals surface area contributed by atoms with Crippen molar-refractivity contribution < 1.29 is 0 Å². The maximum Gasteiger partial charge on any atom is 0.0543 e. The van der Waals surface area contributed by atoms with Gasteiger partial charge >= 0.3 is 0 Å². The van der Waals surface area contributed by atoms with Gasteiger partial charge in [-0.1, -0.05) is 136 Å². The fourth-order valence-corrected chi connectivity index (χ4v) is 8.64. The van der Waals surface area contributed by atoms with Crippen LogP contribution in [0.3, 0.4) is 0 Å². The largest absolute Gasteiger partial charge is 0.313 e. The van der Waals surface area contributed by atoms with Gasteiger partial charge in [-0.3, -0.25) is 0 Å². The van der Waals surface area contributed by atoms with Gasteiger partial charge in [-0.05, 0) is 83.6 Å². The fourth-order valence-electron chi connectivity index (χ4n) is 8.64. The molecule has 2 aliphatic carbocycles. The Balaban J connectivity index is 1.30. The summed E-state index contributed by atoms with van der Waals surface area (Å²) in [6.07, 6.45) is 10.8. The quantitative estimate of drug-likeness (QED) is 0.181. The second-order valence-corrected chi connectivity index (χ2v) is 14.1. The van der Waals surface area contributed by atoms with Gasteiger partial charge < -0.3 is 9.47 Å². The smallest absolute Gasteiger partial charge is 0.0543 e. The Morgan fingerprint density at radius 1 is 0.760 bits per heavy atom.